The van der Waals surface area contributed by atoms with Gasteiger partial charge in [0, 0.05) is 0 Å². The van der Waals surface area contributed by atoms with E-state index in [2.05, 4.69) is 15.2 Å². The van der Waals surface area contributed by atoms with Crippen LogP contribution in [-0.2, 0) is 18.9 Å². The van der Waals surface area contributed by atoms with Crippen LogP contribution in [0.2, 0.25) is 0 Å². The largest absolute Gasteiger partial charge is 0.459 e. The number of aromatic nitrogens is 5. The number of hydrogen-bond donors (Lipinski definition) is 1. The zero-order valence-corrected chi connectivity index (χ0v) is 21.9. The first-order valence-corrected chi connectivity index (χ1v) is 12.9. The number of nitrogens with zero attached hydrogens (tertiary/aromatic N) is 5. The minimum atomic E-state index is -1.26. The van der Waals surface area contributed by atoms with Gasteiger partial charge >= 0.3 is 17.9 Å². The molecule has 0 spiro atoms. The minimum absolute atomic E-state index is 0.00368. The zero-order valence-electron chi connectivity index (χ0n) is 21.9. The van der Waals surface area contributed by atoms with E-state index in [0.29, 0.717) is 5.56 Å². The van der Waals surface area contributed by atoms with E-state index in [-0.39, 0.29) is 29.5 Å². The fraction of sp³-hybridized carbons (Fsp3) is 0.172. The van der Waals surface area contributed by atoms with Crippen molar-refractivity contribution < 1.29 is 33.3 Å². The molecule has 0 bridgehead atoms. The molecule has 13 nitrogen and oxygen atoms in total. The molecular weight excluding hydrogens is 544 g/mol. The molecule has 1 aliphatic heterocycles. The van der Waals surface area contributed by atoms with Crippen molar-refractivity contribution in [3.05, 3.63) is 114 Å². The fourth-order valence-electron chi connectivity index (χ4n) is 4.58. The lowest BCUT2D eigenvalue weighted by molar-refractivity contribution is -0.0654. The maximum atomic E-state index is 13.3. The lowest BCUT2D eigenvalue weighted by atomic mass is 10.1. The maximum absolute atomic E-state index is 13.3. The van der Waals surface area contributed by atoms with Crippen molar-refractivity contribution in [2.24, 2.45) is 0 Å². The molecule has 5 aromatic rings. The lowest BCUT2D eigenvalue weighted by Gasteiger charge is -2.24. The Bertz CT molecular complexity index is 1710. The number of benzene rings is 3. The molecule has 3 aromatic carbocycles. The monoisotopic (exact) mass is 568 g/mol. The molecule has 42 heavy (non-hydrogen) atoms. The normalized spacial score (nSPS) is 19.8. The first-order valence-electron chi connectivity index (χ1n) is 12.9. The summed E-state index contributed by atoms with van der Waals surface area (Å²) in [6, 6.07) is 25.0. The molecule has 0 amide bonds. The summed E-state index contributed by atoms with van der Waals surface area (Å²) in [5.41, 5.74) is 6.87. The van der Waals surface area contributed by atoms with Crippen molar-refractivity contribution in [1.82, 2.24) is 24.4 Å². The number of carbonyl (C=O) groups excluding carboxylic acids is 3. The van der Waals surface area contributed by atoms with Crippen LogP contribution in [0.1, 0.15) is 37.3 Å². The molecule has 3 heterocycles. The van der Waals surface area contributed by atoms with E-state index in [9.17, 15) is 14.4 Å². The van der Waals surface area contributed by atoms with Crippen LogP contribution in [0.25, 0.3) is 5.78 Å². The van der Waals surface area contributed by atoms with Crippen LogP contribution in [0.4, 0.5) is 5.95 Å². The van der Waals surface area contributed by atoms with E-state index >= 15 is 0 Å². The second kappa shape index (κ2) is 11.5. The highest BCUT2D eigenvalue weighted by molar-refractivity contribution is 5.91. The highest BCUT2D eigenvalue weighted by Gasteiger charge is 2.52. The number of nitrogen functional groups attached to an aromatic ring is 1. The maximum Gasteiger partial charge on any atom is 0.338 e. The second-order valence-electron chi connectivity index (χ2n) is 9.28. The number of rotatable bonds is 8. The third-order valence-corrected chi connectivity index (χ3v) is 6.58. The number of nitrogens with two attached hydrogens (primary N) is 1. The Kier molecular flexibility index (Phi) is 7.30. The first kappa shape index (κ1) is 26.7. The zero-order chi connectivity index (χ0) is 29.1. The van der Waals surface area contributed by atoms with E-state index in [1.807, 2.05) is 0 Å². The van der Waals surface area contributed by atoms with E-state index in [1.165, 1.54) is 15.5 Å². The summed E-state index contributed by atoms with van der Waals surface area (Å²) in [6.45, 7) is -0.337. The fourth-order valence-corrected chi connectivity index (χ4v) is 4.58. The van der Waals surface area contributed by atoms with Crippen molar-refractivity contribution in [3.63, 3.8) is 0 Å². The van der Waals surface area contributed by atoms with Gasteiger partial charge in [-0.3, -0.25) is 0 Å². The third kappa shape index (κ3) is 5.28. The quantitative estimate of drug-likeness (QED) is 0.216. The Morgan fingerprint density at radius 3 is 1.86 bits per heavy atom. The van der Waals surface area contributed by atoms with Crippen LogP contribution in [0.15, 0.2) is 97.3 Å². The topological polar surface area (TPSA) is 162 Å². The van der Waals surface area contributed by atoms with E-state index < -0.39 is 42.4 Å². The van der Waals surface area contributed by atoms with Crippen LogP contribution in [-0.4, -0.2) is 67.2 Å². The molecule has 1 saturated heterocycles. The second-order valence-corrected chi connectivity index (χ2v) is 9.28. The predicted octanol–water partition coefficient (Wildman–Crippen LogP) is 2.71. The molecule has 1 aliphatic rings. The Morgan fingerprint density at radius 1 is 0.762 bits per heavy atom. The Balaban J connectivity index is 1.36. The molecule has 4 atom stereocenters. The van der Waals surface area contributed by atoms with Crippen molar-refractivity contribution in [2.75, 3.05) is 12.3 Å². The minimum Gasteiger partial charge on any atom is -0.459 e. The average molecular weight is 569 g/mol. The number of fused-ring (bicyclic) bond motifs is 1. The van der Waals surface area contributed by atoms with Gasteiger partial charge in [0.05, 0.1) is 16.7 Å². The number of carbonyl (C=O) groups is 3. The predicted molar refractivity (Wildman–Crippen MR) is 145 cm³/mol. The molecule has 0 radical (unpaired) electrons. The molecule has 2 N–H and O–H groups in total. The van der Waals surface area contributed by atoms with Gasteiger partial charge in [-0.15, -0.1) is 5.10 Å². The van der Waals surface area contributed by atoms with Gasteiger partial charge in [-0.05, 0) is 36.4 Å². The molecular formula is C29H24N6O7. The highest BCUT2D eigenvalue weighted by Crippen LogP contribution is 2.36. The molecule has 2 aromatic heterocycles. The summed E-state index contributed by atoms with van der Waals surface area (Å²) in [6.07, 6.45) is -3.47. The summed E-state index contributed by atoms with van der Waals surface area (Å²) < 4.78 is 26.2. The van der Waals surface area contributed by atoms with E-state index in [4.69, 9.17) is 24.7 Å². The molecule has 0 saturated carbocycles. The van der Waals surface area contributed by atoms with E-state index in [1.54, 1.807) is 91.0 Å². The van der Waals surface area contributed by atoms with Crippen LogP contribution in [0, 0.1) is 0 Å². The summed E-state index contributed by atoms with van der Waals surface area (Å²) in [7, 11) is 0. The Morgan fingerprint density at radius 2 is 1.29 bits per heavy atom. The van der Waals surface area contributed by atoms with Crippen LogP contribution < -0.4 is 5.73 Å². The van der Waals surface area contributed by atoms with Crippen LogP contribution in [0.5, 0.6) is 0 Å². The van der Waals surface area contributed by atoms with E-state index in [0.717, 1.165) is 0 Å². The van der Waals surface area contributed by atoms with Gasteiger partial charge in [0.15, 0.2) is 18.4 Å². The van der Waals surface area contributed by atoms with Gasteiger partial charge in [-0.1, -0.05) is 54.6 Å². The summed E-state index contributed by atoms with van der Waals surface area (Å²) in [5, 5.41) is 8.32. The van der Waals surface area contributed by atoms with Crippen molar-refractivity contribution in [1.29, 1.82) is 0 Å². The number of ether oxygens (including phenoxy) is 4. The highest BCUT2D eigenvalue weighted by atomic mass is 16.7. The first-order chi connectivity index (χ1) is 20.5. The van der Waals surface area contributed by atoms with Crippen molar-refractivity contribution in [3.8, 4) is 0 Å². The average Bonchev–Trinajstić information content (AvgIpc) is 3.73. The van der Waals surface area contributed by atoms with Gasteiger partial charge in [0.2, 0.25) is 5.95 Å². The third-order valence-electron chi connectivity index (χ3n) is 6.58. The molecule has 13 heteroatoms. The number of hydrogen-bond acceptors (Lipinski definition) is 11. The van der Waals surface area contributed by atoms with Gasteiger partial charge in [-0.25, -0.2) is 14.4 Å². The van der Waals surface area contributed by atoms with Crippen LogP contribution >= 0.6 is 0 Å². The molecule has 1 fully saturated rings. The van der Waals surface area contributed by atoms with Gasteiger partial charge in [0.1, 0.15) is 19.0 Å². The molecule has 0 unspecified atom stereocenters. The number of esters is 3. The van der Waals surface area contributed by atoms with Gasteiger partial charge in [0.25, 0.3) is 5.78 Å². The lowest BCUT2D eigenvalue weighted by Crippen LogP contribution is -2.41. The smallest absolute Gasteiger partial charge is 0.338 e. The van der Waals surface area contributed by atoms with Crippen molar-refractivity contribution in [2.45, 2.75) is 24.5 Å². The number of anilines is 1. The summed E-state index contributed by atoms with van der Waals surface area (Å²) in [4.78, 5) is 43.4. The van der Waals surface area contributed by atoms with Gasteiger partial charge in [-0.2, -0.15) is 19.3 Å². The van der Waals surface area contributed by atoms with Crippen molar-refractivity contribution >= 4 is 29.6 Å². The summed E-state index contributed by atoms with van der Waals surface area (Å²) >= 11 is 0. The summed E-state index contributed by atoms with van der Waals surface area (Å²) in [5.74, 6) is -1.83. The molecule has 6 rings (SSSR count). The molecule has 212 valence electrons. The standard InChI is InChI=1S/C29H24N6O7/c30-28-33-34(29-31-17-32-35(28)29)24-23(42-27(38)20-14-8-3-9-15-20)22(41-26(37)19-12-6-2-7-13-19)21(40-24)16-39-25(36)18-10-4-1-5-11-18/h1-15,17,21-24H,16H2,(H2,30,33)/t21-,22-,23-,24+/m0/s1. The van der Waals surface area contributed by atoms with Crippen LogP contribution in [0.3, 0.4) is 0 Å². The molecule has 0 aliphatic carbocycles. The SMILES string of the molecule is Nc1nn([C@@H]2O[C@@H](COC(=O)c3ccccc3)[C@H](OC(=O)c3ccccc3)[C@@H]2OC(=O)c2ccccc2)c2ncnn12. The Hall–Kier alpha value is -5.56. The Labute approximate surface area is 238 Å². The van der Waals surface area contributed by atoms with Gasteiger partial charge < -0.3 is 24.7 Å².